The fourth-order valence-corrected chi connectivity index (χ4v) is 3.58. The number of nitrogens with zero attached hydrogens (tertiary/aromatic N) is 1. The van der Waals surface area contributed by atoms with Crippen LogP contribution < -0.4 is 0 Å². The molecule has 5 heteroatoms. The second-order valence-electron chi connectivity index (χ2n) is 9.23. The van der Waals surface area contributed by atoms with Gasteiger partial charge in [-0.3, -0.25) is 9.59 Å². The molecule has 0 aromatic heterocycles. The third-order valence-electron chi connectivity index (χ3n) is 5.08. The fraction of sp³-hybridized carbons (Fsp3) is 0.913. The third-order valence-corrected chi connectivity index (χ3v) is 5.08. The van der Waals surface area contributed by atoms with Gasteiger partial charge in [-0.15, -0.1) is 0 Å². The minimum Gasteiger partial charge on any atom is -0.481 e. The summed E-state index contributed by atoms with van der Waals surface area (Å²) in [6.07, 6.45) is 12.8. The summed E-state index contributed by atoms with van der Waals surface area (Å²) in [7, 11) is 5.96. The van der Waals surface area contributed by atoms with Crippen molar-refractivity contribution in [2.45, 2.75) is 103 Å². The Morgan fingerprint density at radius 2 is 1.29 bits per heavy atom. The topological polar surface area (TPSA) is 63.6 Å². The van der Waals surface area contributed by atoms with Gasteiger partial charge in [0, 0.05) is 0 Å². The van der Waals surface area contributed by atoms with Crippen molar-refractivity contribution in [1.29, 1.82) is 0 Å². The Kier molecular flexibility index (Phi) is 15.2. The molecular formula is C23H46NO4+. The summed E-state index contributed by atoms with van der Waals surface area (Å²) in [5.74, 6) is -1.20. The zero-order chi connectivity index (χ0) is 21.4. The Hall–Kier alpha value is -1.10. The summed E-state index contributed by atoms with van der Waals surface area (Å²) >= 11 is 0. The zero-order valence-corrected chi connectivity index (χ0v) is 19.2. The van der Waals surface area contributed by atoms with Gasteiger partial charge < -0.3 is 14.3 Å². The number of rotatable bonds is 18. The predicted octanol–water partition coefficient (Wildman–Crippen LogP) is 5.42. The number of aliphatic carboxylic acids is 1. The van der Waals surface area contributed by atoms with Crippen molar-refractivity contribution in [2.24, 2.45) is 5.92 Å². The number of carbonyl (C=O) groups is 2. The minimum absolute atomic E-state index is 0.0909. The number of quaternary nitrogens is 1. The Bertz CT molecular complexity index is 417. The van der Waals surface area contributed by atoms with Crippen molar-refractivity contribution in [3.8, 4) is 0 Å². The molecule has 1 N–H and O–H groups in total. The van der Waals surface area contributed by atoms with Crippen molar-refractivity contribution in [3.05, 3.63) is 0 Å². The van der Waals surface area contributed by atoms with E-state index in [1.165, 1.54) is 38.5 Å². The second kappa shape index (κ2) is 15.8. The number of hydrogen-bond donors (Lipinski definition) is 1. The average molecular weight is 401 g/mol. The van der Waals surface area contributed by atoms with Gasteiger partial charge in [0.1, 0.15) is 6.54 Å². The first-order chi connectivity index (χ1) is 13.2. The molecule has 0 spiro atoms. The fourth-order valence-electron chi connectivity index (χ4n) is 3.58. The Balaban J connectivity index is 4.70. The number of likely N-dealkylation sites (N-methyl/N-ethyl adjacent to an activating group) is 1. The minimum atomic E-state index is -0.915. The lowest BCUT2D eigenvalue weighted by Gasteiger charge is -2.29. The van der Waals surface area contributed by atoms with Crippen LogP contribution in [0.25, 0.3) is 0 Å². The normalized spacial score (nSPS) is 13.9. The van der Waals surface area contributed by atoms with Crippen molar-refractivity contribution in [1.82, 2.24) is 0 Å². The molecule has 5 nitrogen and oxygen atoms in total. The molecule has 1 unspecified atom stereocenters. The largest absolute Gasteiger partial charge is 0.481 e. The quantitative estimate of drug-likeness (QED) is 0.190. The van der Waals surface area contributed by atoms with Gasteiger partial charge in [-0.1, -0.05) is 78.1 Å². The van der Waals surface area contributed by atoms with E-state index in [1.807, 2.05) is 21.1 Å². The van der Waals surface area contributed by atoms with Crippen LogP contribution in [-0.4, -0.2) is 55.3 Å². The molecule has 0 saturated carbocycles. The van der Waals surface area contributed by atoms with Crippen LogP contribution in [0.1, 0.15) is 97.3 Å². The van der Waals surface area contributed by atoms with Gasteiger partial charge >= 0.3 is 11.9 Å². The number of esters is 1. The first-order valence-electron chi connectivity index (χ1n) is 11.4. The van der Waals surface area contributed by atoms with Crippen molar-refractivity contribution in [3.63, 3.8) is 0 Å². The molecule has 166 valence electrons. The number of carbonyl (C=O) groups excluding carboxylic acids is 1. The summed E-state index contributed by atoms with van der Waals surface area (Å²) in [5, 5.41) is 9.18. The molecule has 0 bridgehead atoms. The molecule has 2 atom stereocenters. The van der Waals surface area contributed by atoms with E-state index in [9.17, 15) is 14.7 Å². The van der Waals surface area contributed by atoms with Gasteiger partial charge in [0.25, 0.3) is 0 Å². The lowest BCUT2D eigenvalue weighted by atomic mass is 9.94. The van der Waals surface area contributed by atoms with E-state index in [0.29, 0.717) is 11.0 Å². The predicted molar refractivity (Wildman–Crippen MR) is 115 cm³/mol. The average Bonchev–Trinajstić information content (AvgIpc) is 2.57. The van der Waals surface area contributed by atoms with Crippen LogP contribution in [0, 0.1) is 5.92 Å². The number of carboxylic acid groups (broad SMARTS) is 1. The highest BCUT2D eigenvalue weighted by atomic mass is 16.5. The number of carboxylic acids is 1. The highest BCUT2D eigenvalue weighted by Gasteiger charge is 2.28. The maximum atomic E-state index is 12.8. The summed E-state index contributed by atoms with van der Waals surface area (Å²) < 4.78 is 6.29. The summed E-state index contributed by atoms with van der Waals surface area (Å²) in [4.78, 5) is 24.0. The first-order valence-corrected chi connectivity index (χ1v) is 11.4. The van der Waals surface area contributed by atoms with Crippen LogP contribution in [0.2, 0.25) is 0 Å². The van der Waals surface area contributed by atoms with E-state index in [0.717, 1.165) is 38.5 Å². The van der Waals surface area contributed by atoms with Gasteiger partial charge in [0.15, 0.2) is 6.10 Å². The molecule has 0 fully saturated rings. The molecule has 0 rings (SSSR count). The first kappa shape index (κ1) is 26.9. The molecule has 0 heterocycles. The molecule has 0 aliphatic rings. The van der Waals surface area contributed by atoms with Gasteiger partial charge in [0.2, 0.25) is 0 Å². The summed E-state index contributed by atoms with van der Waals surface area (Å²) in [6.45, 7) is 4.91. The Labute approximate surface area is 173 Å². The standard InChI is InChI=1S/C23H45NO4/c1-6-8-10-12-13-15-17-20(16-14-11-9-7-2)23(27)28-21(18-22(25)26)19-24(3,4)5/h20-21H,6-19H2,1-5H3/p+1/t20?,21-/m1/s1. The number of hydrogen-bond acceptors (Lipinski definition) is 3. The summed E-state index contributed by atoms with van der Waals surface area (Å²) in [5.41, 5.74) is 0. The van der Waals surface area contributed by atoms with Crippen molar-refractivity contribution in [2.75, 3.05) is 27.7 Å². The maximum Gasteiger partial charge on any atom is 0.309 e. The molecular weight excluding hydrogens is 354 g/mol. The SMILES string of the molecule is CCCCCCCCC(CCCCCC)C(=O)O[C@H](CC(=O)O)C[N+](C)(C)C. The maximum absolute atomic E-state index is 12.8. The number of unbranched alkanes of at least 4 members (excludes halogenated alkanes) is 8. The monoisotopic (exact) mass is 400 g/mol. The van der Waals surface area contributed by atoms with Crippen molar-refractivity contribution < 1.29 is 23.9 Å². The number of ether oxygens (including phenoxy) is 1. The van der Waals surface area contributed by atoms with E-state index >= 15 is 0 Å². The van der Waals surface area contributed by atoms with Gasteiger partial charge in [-0.25, -0.2) is 0 Å². The molecule has 0 saturated heterocycles. The molecule has 0 aliphatic heterocycles. The van der Waals surface area contributed by atoms with Gasteiger partial charge in [-0.05, 0) is 12.8 Å². The van der Waals surface area contributed by atoms with Crippen molar-refractivity contribution >= 4 is 11.9 Å². The third kappa shape index (κ3) is 15.9. The zero-order valence-electron chi connectivity index (χ0n) is 19.2. The lowest BCUT2D eigenvalue weighted by Crippen LogP contribution is -2.44. The lowest BCUT2D eigenvalue weighted by molar-refractivity contribution is -0.873. The van der Waals surface area contributed by atoms with Gasteiger partial charge in [-0.2, -0.15) is 0 Å². The molecule has 0 aromatic rings. The van der Waals surface area contributed by atoms with E-state index in [2.05, 4.69) is 13.8 Å². The van der Waals surface area contributed by atoms with Crippen LogP contribution in [-0.2, 0) is 14.3 Å². The molecule has 0 aromatic carbocycles. The molecule has 0 radical (unpaired) electrons. The summed E-state index contributed by atoms with van der Waals surface area (Å²) in [6, 6.07) is 0. The van der Waals surface area contributed by atoms with Crippen LogP contribution >= 0.6 is 0 Å². The molecule has 28 heavy (non-hydrogen) atoms. The highest BCUT2D eigenvalue weighted by Crippen LogP contribution is 2.22. The van der Waals surface area contributed by atoms with Gasteiger partial charge in [0.05, 0.1) is 33.5 Å². The smallest absolute Gasteiger partial charge is 0.309 e. The van der Waals surface area contributed by atoms with Crippen LogP contribution in [0.5, 0.6) is 0 Å². The Morgan fingerprint density at radius 1 is 0.821 bits per heavy atom. The van der Waals surface area contributed by atoms with Crippen LogP contribution in [0.15, 0.2) is 0 Å². The van der Waals surface area contributed by atoms with Crippen LogP contribution in [0.4, 0.5) is 0 Å². The molecule has 0 aliphatic carbocycles. The van der Waals surface area contributed by atoms with E-state index < -0.39 is 12.1 Å². The second-order valence-corrected chi connectivity index (χ2v) is 9.23. The van der Waals surface area contributed by atoms with E-state index in [1.54, 1.807) is 0 Å². The highest BCUT2D eigenvalue weighted by molar-refractivity contribution is 5.73. The van der Waals surface area contributed by atoms with E-state index in [-0.39, 0.29) is 18.3 Å². The van der Waals surface area contributed by atoms with E-state index in [4.69, 9.17) is 4.74 Å². The Morgan fingerprint density at radius 3 is 1.75 bits per heavy atom. The molecule has 0 amide bonds. The van der Waals surface area contributed by atoms with Crippen LogP contribution in [0.3, 0.4) is 0 Å².